The number of nitrogens with zero attached hydrogens (tertiary/aromatic N) is 4. The van der Waals surface area contributed by atoms with E-state index >= 15 is 0 Å². The molecule has 13 aromatic rings. The molecule has 13 rings (SSSR count). The summed E-state index contributed by atoms with van der Waals surface area (Å²) in [7, 11) is 0. The van der Waals surface area contributed by atoms with Crippen LogP contribution in [0.25, 0.3) is 126 Å². The van der Waals surface area contributed by atoms with Gasteiger partial charge in [-0.1, -0.05) is 127 Å². The Bertz CT molecular complexity index is 3880. The minimum Gasteiger partial charge on any atom is -0.456 e. The predicted octanol–water partition coefficient (Wildman–Crippen LogP) is 13.9. The second kappa shape index (κ2) is 11.8. The fourth-order valence-corrected chi connectivity index (χ4v) is 9.15. The Kier molecular flexibility index (Phi) is 6.38. The third kappa shape index (κ3) is 4.55. The van der Waals surface area contributed by atoms with E-state index in [2.05, 4.69) is 174 Å². The predicted molar refractivity (Wildman–Crippen MR) is 239 cm³/mol. The van der Waals surface area contributed by atoms with Crippen LogP contribution in [0.15, 0.2) is 187 Å². The van der Waals surface area contributed by atoms with Gasteiger partial charge in [-0.05, 0) is 86.6 Å². The van der Waals surface area contributed by atoms with E-state index in [0.29, 0.717) is 0 Å². The van der Waals surface area contributed by atoms with Crippen LogP contribution in [-0.4, -0.2) is 19.4 Å². The number of furan rings is 1. The molecule has 5 heteroatoms. The zero-order chi connectivity index (χ0) is 37.9. The van der Waals surface area contributed by atoms with E-state index in [4.69, 9.17) is 19.4 Å². The summed E-state index contributed by atoms with van der Waals surface area (Å²) in [6.07, 6.45) is 2.16. The van der Waals surface area contributed by atoms with Crippen molar-refractivity contribution in [1.82, 2.24) is 19.4 Å². The maximum absolute atomic E-state index is 6.13. The van der Waals surface area contributed by atoms with Crippen molar-refractivity contribution in [1.29, 1.82) is 0 Å². The van der Waals surface area contributed by atoms with Crippen molar-refractivity contribution in [2.24, 2.45) is 0 Å². The van der Waals surface area contributed by atoms with E-state index in [1.54, 1.807) is 0 Å². The van der Waals surface area contributed by atoms with E-state index in [1.165, 1.54) is 10.8 Å². The number of para-hydroxylation sites is 1. The molecule has 0 radical (unpaired) electrons. The average molecular weight is 739 g/mol. The van der Waals surface area contributed by atoms with Gasteiger partial charge in [-0.3, -0.25) is 4.40 Å². The molecule has 9 aromatic carbocycles. The SMILES string of the molecule is c1ccc2cc(-c3nc4c(ccc5ccccc54)nc3-c3ccc4c(c3)c3ccccc3c3nc5cc(-c6ccc7oc8ccccc8c7c6)ccn5c43)ccc2c1. The highest BCUT2D eigenvalue weighted by atomic mass is 16.3. The maximum atomic E-state index is 6.13. The molecule has 0 aliphatic carbocycles. The highest BCUT2D eigenvalue weighted by Gasteiger charge is 2.20. The van der Waals surface area contributed by atoms with Crippen molar-refractivity contribution in [3.8, 4) is 33.6 Å². The van der Waals surface area contributed by atoms with Gasteiger partial charge in [0.1, 0.15) is 16.8 Å². The van der Waals surface area contributed by atoms with Crippen LogP contribution < -0.4 is 0 Å². The number of benzene rings is 9. The topological polar surface area (TPSA) is 56.2 Å². The van der Waals surface area contributed by atoms with E-state index in [-0.39, 0.29) is 0 Å². The van der Waals surface area contributed by atoms with Gasteiger partial charge in [-0.2, -0.15) is 0 Å². The van der Waals surface area contributed by atoms with Crippen LogP contribution in [0.4, 0.5) is 0 Å². The number of pyridine rings is 1. The molecule has 0 atom stereocenters. The van der Waals surface area contributed by atoms with Crippen LogP contribution in [-0.2, 0) is 0 Å². The van der Waals surface area contributed by atoms with Gasteiger partial charge in [0.2, 0.25) is 0 Å². The molecule has 4 aromatic heterocycles. The summed E-state index contributed by atoms with van der Waals surface area (Å²) < 4.78 is 8.36. The van der Waals surface area contributed by atoms with Gasteiger partial charge in [0.25, 0.3) is 0 Å². The number of fused-ring (bicyclic) bond motifs is 15. The highest BCUT2D eigenvalue weighted by molar-refractivity contribution is 6.24. The van der Waals surface area contributed by atoms with Crippen LogP contribution >= 0.6 is 0 Å². The zero-order valence-corrected chi connectivity index (χ0v) is 31.0. The van der Waals surface area contributed by atoms with Gasteiger partial charge in [0.05, 0.1) is 33.5 Å². The van der Waals surface area contributed by atoms with E-state index in [9.17, 15) is 0 Å². The fourth-order valence-electron chi connectivity index (χ4n) is 9.15. The molecule has 0 spiro atoms. The third-order valence-electron chi connectivity index (χ3n) is 11.9. The molecule has 0 aliphatic heterocycles. The Balaban J connectivity index is 1.03. The molecular weight excluding hydrogens is 709 g/mol. The van der Waals surface area contributed by atoms with Crippen molar-refractivity contribution in [3.63, 3.8) is 0 Å². The summed E-state index contributed by atoms with van der Waals surface area (Å²) in [5.74, 6) is 0. The Morgan fingerprint density at radius 2 is 1.02 bits per heavy atom. The second-order valence-electron chi connectivity index (χ2n) is 15.2. The first kappa shape index (κ1) is 31.3. The van der Waals surface area contributed by atoms with Gasteiger partial charge >= 0.3 is 0 Å². The van der Waals surface area contributed by atoms with Gasteiger partial charge in [-0.15, -0.1) is 0 Å². The molecular formula is C53H30N4O. The van der Waals surface area contributed by atoms with Gasteiger partial charge in [-0.25, -0.2) is 15.0 Å². The molecule has 268 valence electrons. The lowest BCUT2D eigenvalue weighted by Gasteiger charge is -2.14. The first-order valence-corrected chi connectivity index (χ1v) is 19.6. The van der Waals surface area contributed by atoms with Crippen LogP contribution in [0.1, 0.15) is 0 Å². The Morgan fingerprint density at radius 1 is 0.362 bits per heavy atom. The number of rotatable bonds is 3. The van der Waals surface area contributed by atoms with Crippen molar-refractivity contribution in [3.05, 3.63) is 182 Å². The number of aromatic nitrogens is 4. The van der Waals surface area contributed by atoms with E-state index in [0.717, 1.165) is 116 Å². The molecule has 0 fully saturated rings. The molecule has 0 aliphatic rings. The first-order chi connectivity index (χ1) is 28.7. The Hall–Kier alpha value is -7.89. The molecule has 0 amide bonds. The lowest BCUT2D eigenvalue weighted by molar-refractivity contribution is 0.669. The van der Waals surface area contributed by atoms with Crippen LogP contribution in [0, 0.1) is 0 Å². The molecule has 0 unspecified atom stereocenters. The minimum absolute atomic E-state index is 0.856. The van der Waals surface area contributed by atoms with Crippen LogP contribution in [0.3, 0.4) is 0 Å². The second-order valence-corrected chi connectivity index (χ2v) is 15.2. The molecule has 0 saturated heterocycles. The standard InChI is InChI=1S/C53H30N4O/c1-2-11-33-27-36(18-17-31(33)9-1)50-49(54-45-23-20-32-10-3-4-12-38(32)51(45)56-50)37-19-22-42-43(29-37)39-13-5-6-15-41(39)52-53(42)57-26-25-35(30-48(57)55-52)34-21-24-47-44(28-34)40-14-7-8-16-46(40)58-47/h1-30H. The smallest absolute Gasteiger partial charge is 0.138 e. The van der Waals surface area contributed by atoms with Crippen molar-refractivity contribution in [2.45, 2.75) is 0 Å². The summed E-state index contributed by atoms with van der Waals surface area (Å²) in [6, 6.07) is 62.2. The fraction of sp³-hybridized carbons (Fsp3) is 0. The highest BCUT2D eigenvalue weighted by Crippen LogP contribution is 2.41. The molecule has 0 saturated carbocycles. The normalized spacial score (nSPS) is 12.1. The van der Waals surface area contributed by atoms with E-state index in [1.807, 2.05) is 12.1 Å². The average Bonchev–Trinajstić information content (AvgIpc) is 3.87. The maximum Gasteiger partial charge on any atom is 0.138 e. The van der Waals surface area contributed by atoms with Crippen LogP contribution in [0.2, 0.25) is 0 Å². The Morgan fingerprint density at radius 3 is 1.93 bits per heavy atom. The minimum atomic E-state index is 0.856. The first-order valence-electron chi connectivity index (χ1n) is 19.6. The summed E-state index contributed by atoms with van der Waals surface area (Å²) >= 11 is 0. The van der Waals surface area contributed by atoms with Gasteiger partial charge in [0, 0.05) is 44.3 Å². The number of imidazole rings is 1. The molecule has 58 heavy (non-hydrogen) atoms. The molecule has 0 bridgehead atoms. The van der Waals surface area contributed by atoms with Crippen LogP contribution in [0.5, 0.6) is 0 Å². The monoisotopic (exact) mass is 738 g/mol. The van der Waals surface area contributed by atoms with Gasteiger partial charge < -0.3 is 4.42 Å². The molecule has 4 heterocycles. The third-order valence-corrected chi connectivity index (χ3v) is 11.9. The largest absolute Gasteiger partial charge is 0.456 e. The number of hydrogen-bond donors (Lipinski definition) is 0. The molecule has 5 nitrogen and oxygen atoms in total. The lowest BCUT2D eigenvalue weighted by Crippen LogP contribution is -1.97. The van der Waals surface area contributed by atoms with E-state index < -0.39 is 0 Å². The molecule has 0 N–H and O–H groups in total. The summed E-state index contributed by atoms with van der Waals surface area (Å²) in [6.45, 7) is 0. The zero-order valence-electron chi connectivity index (χ0n) is 31.0. The van der Waals surface area contributed by atoms with Gasteiger partial charge in [0.15, 0.2) is 0 Å². The summed E-state index contributed by atoms with van der Waals surface area (Å²) in [5.41, 5.74) is 12.5. The van der Waals surface area contributed by atoms with Crippen molar-refractivity contribution < 1.29 is 4.42 Å². The summed E-state index contributed by atoms with van der Waals surface area (Å²) in [5, 5.41) is 11.4. The quantitative estimate of drug-likeness (QED) is 0.169. The summed E-state index contributed by atoms with van der Waals surface area (Å²) in [4.78, 5) is 16.2. The van der Waals surface area contributed by atoms with Crippen molar-refractivity contribution in [2.75, 3.05) is 0 Å². The van der Waals surface area contributed by atoms with Crippen molar-refractivity contribution >= 4 is 92.7 Å². The lowest BCUT2D eigenvalue weighted by atomic mass is 9.95. The number of hydrogen-bond acceptors (Lipinski definition) is 4. The Labute approximate surface area is 331 Å².